The summed E-state index contributed by atoms with van der Waals surface area (Å²) in [7, 11) is 9.02. The third-order valence-electron chi connectivity index (χ3n) is 20.6. The SMILES string of the molecule is CC1(C)CCC(C)(C)c2cc(Cc3ccc(C(=O)O)o3)c(Cl)cc21.COc1nc(NCCCN2CCOCC2)nc(OC)c1N.COc1nc(NCCCN2CCOCC2)nc(OC)c1N.COc1nc(NCCCN2CCOCC2)nc(OC)c1NC(=O)c1ccc(Cc2cc3c(cc2Cl)C(C)(C)CCC3(C)C)o1. The van der Waals surface area contributed by atoms with Gasteiger partial charge in [0.2, 0.25) is 58.9 Å². The molecule has 7 aromatic rings. The summed E-state index contributed by atoms with van der Waals surface area (Å²) in [4.78, 5) is 57.0. The number of morpholine rings is 3. The van der Waals surface area contributed by atoms with E-state index in [1.165, 1.54) is 71.0 Å². The lowest BCUT2D eigenvalue weighted by molar-refractivity contribution is 0.0378. The maximum atomic E-state index is 13.3. The van der Waals surface area contributed by atoms with Crippen molar-refractivity contribution < 1.29 is 66.2 Å². The number of carbonyl (C=O) groups excluding carboxylic acids is 1. The number of carboxylic acids is 1. The Balaban J connectivity index is 0.000000180. The molecule has 3 aliphatic heterocycles. The van der Waals surface area contributed by atoms with Crippen LogP contribution in [0.4, 0.5) is 34.9 Å². The molecule has 5 aromatic heterocycles. The predicted molar refractivity (Wildman–Crippen MR) is 427 cm³/mol. The zero-order valence-electron chi connectivity index (χ0n) is 66.4. The Kier molecular flexibility index (Phi) is 30.6. The number of carboxylic acid groups (broad SMARTS) is 1. The monoisotopic (exact) mass is 1570 g/mol. The molecule has 2 aromatic carbocycles. The highest BCUT2D eigenvalue weighted by Gasteiger charge is 2.40. The van der Waals surface area contributed by atoms with Crippen LogP contribution in [0, 0.1) is 0 Å². The fourth-order valence-electron chi connectivity index (χ4n) is 13.8. The van der Waals surface area contributed by atoms with Gasteiger partial charge >= 0.3 is 5.97 Å². The number of nitrogens with one attached hydrogen (secondary N) is 4. The molecule has 0 spiro atoms. The van der Waals surface area contributed by atoms with Gasteiger partial charge in [0.25, 0.3) is 5.91 Å². The van der Waals surface area contributed by atoms with E-state index in [-0.39, 0.29) is 50.6 Å². The van der Waals surface area contributed by atoms with Crippen LogP contribution in [0.3, 0.4) is 0 Å². The minimum atomic E-state index is -1.05. The summed E-state index contributed by atoms with van der Waals surface area (Å²) >= 11 is 13.3. The minimum absolute atomic E-state index is 0.0412. The number of anilines is 6. The topological polar surface area (TPSA) is 351 Å². The van der Waals surface area contributed by atoms with Crippen LogP contribution in [0.2, 0.25) is 10.0 Å². The van der Waals surface area contributed by atoms with Crippen LogP contribution in [0.5, 0.6) is 35.3 Å². The van der Waals surface area contributed by atoms with E-state index in [0.29, 0.717) is 93.7 Å². The largest absolute Gasteiger partial charge is 0.479 e. The first-order valence-electron chi connectivity index (χ1n) is 37.6. The number of amides is 1. The first-order valence-corrected chi connectivity index (χ1v) is 38.4. The number of nitrogens with zero attached hydrogens (tertiary/aromatic N) is 9. The Morgan fingerprint density at radius 3 is 1.05 bits per heavy atom. The van der Waals surface area contributed by atoms with E-state index >= 15 is 0 Å². The van der Waals surface area contributed by atoms with Crippen LogP contribution < -0.4 is 61.2 Å². The molecular weight excluding hydrogens is 1450 g/mol. The number of ether oxygens (including phenoxy) is 9. The zero-order valence-corrected chi connectivity index (χ0v) is 67.9. The van der Waals surface area contributed by atoms with E-state index in [9.17, 15) is 9.59 Å². The Labute approximate surface area is 656 Å². The maximum absolute atomic E-state index is 13.3. The normalized spacial score (nSPS) is 17.0. The van der Waals surface area contributed by atoms with E-state index in [4.69, 9.17) is 91.2 Å². The molecule has 9 N–H and O–H groups in total. The molecule has 0 radical (unpaired) electrons. The lowest BCUT2D eigenvalue weighted by atomic mass is 9.63. The number of halogens is 2. The molecule has 1 amide bonds. The van der Waals surface area contributed by atoms with Gasteiger partial charge in [-0.25, -0.2) is 4.79 Å². The third kappa shape index (κ3) is 23.0. The van der Waals surface area contributed by atoms with Crippen LogP contribution in [-0.2, 0) is 48.7 Å². The summed E-state index contributed by atoms with van der Waals surface area (Å²) < 4.78 is 58.8. The molecule has 0 unspecified atom stereocenters. The highest BCUT2D eigenvalue weighted by molar-refractivity contribution is 6.32. The maximum Gasteiger partial charge on any atom is 0.371 e. The zero-order chi connectivity index (χ0) is 79.3. The number of nitrogens with two attached hydrogens (primary N) is 2. The van der Waals surface area contributed by atoms with Gasteiger partial charge in [-0.2, -0.15) is 29.9 Å². The average molecular weight is 1570 g/mol. The van der Waals surface area contributed by atoms with Crippen LogP contribution in [0.15, 0.2) is 57.4 Å². The van der Waals surface area contributed by atoms with E-state index in [0.717, 1.165) is 168 Å². The Morgan fingerprint density at radius 2 is 0.745 bits per heavy atom. The number of furan rings is 2. The molecule has 31 heteroatoms. The van der Waals surface area contributed by atoms with Crippen molar-refractivity contribution in [3.05, 3.63) is 115 Å². The van der Waals surface area contributed by atoms with E-state index in [1.54, 1.807) is 18.2 Å². The number of aromatic carboxylic acids is 1. The van der Waals surface area contributed by atoms with Crippen molar-refractivity contribution in [1.29, 1.82) is 0 Å². The second kappa shape index (κ2) is 39.5. The van der Waals surface area contributed by atoms with Crippen molar-refractivity contribution in [2.24, 2.45) is 0 Å². The number of nitrogen functional groups attached to an aromatic ring is 2. The van der Waals surface area contributed by atoms with Crippen LogP contribution in [0.25, 0.3) is 0 Å². The first kappa shape index (κ1) is 85.3. The van der Waals surface area contributed by atoms with Crippen molar-refractivity contribution in [3.63, 3.8) is 0 Å². The fourth-order valence-corrected chi connectivity index (χ4v) is 14.3. The van der Waals surface area contributed by atoms with Gasteiger partial charge in [-0.15, -0.1) is 0 Å². The lowest BCUT2D eigenvalue weighted by Crippen LogP contribution is -2.37. The number of hydrogen-bond acceptors (Lipinski definition) is 27. The molecule has 12 rings (SSSR count). The first-order chi connectivity index (χ1) is 52.6. The van der Waals surface area contributed by atoms with Gasteiger partial charge < -0.3 is 89.3 Å². The molecule has 5 aliphatic rings. The number of fused-ring (bicyclic) bond motifs is 2. The molecule has 8 heterocycles. The highest BCUT2D eigenvalue weighted by Crippen LogP contribution is 2.49. The average Bonchev–Trinajstić information content (AvgIpc) is 0.785. The predicted octanol–water partition coefficient (Wildman–Crippen LogP) is 12.1. The lowest BCUT2D eigenvalue weighted by Gasteiger charge is -2.42. The summed E-state index contributed by atoms with van der Waals surface area (Å²) in [6.07, 6.45) is 8.39. The van der Waals surface area contributed by atoms with Crippen molar-refractivity contribution in [2.75, 3.05) is 194 Å². The summed E-state index contributed by atoms with van der Waals surface area (Å²) in [6, 6.07) is 15.2. The van der Waals surface area contributed by atoms with E-state index < -0.39 is 11.9 Å². The molecule has 0 bridgehead atoms. The number of carbonyl (C=O) groups is 2. The van der Waals surface area contributed by atoms with Gasteiger partial charge in [-0.1, -0.05) is 90.7 Å². The Hall–Kier alpha value is -8.68. The fraction of sp³-hybridized carbons (Fsp3) is 0.570. The number of benzene rings is 2. The molecular formula is C79H113Cl2N15O14. The van der Waals surface area contributed by atoms with E-state index in [1.807, 2.05) is 0 Å². The number of methoxy groups -OCH3 is 6. The Bertz CT molecular complexity index is 4020. The summed E-state index contributed by atoms with van der Waals surface area (Å²) in [5.74, 6) is 2.72. The smallest absolute Gasteiger partial charge is 0.371 e. The molecule has 3 fully saturated rings. The second-order valence-corrected chi connectivity index (χ2v) is 31.1. The van der Waals surface area contributed by atoms with Crippen molar-refractivity contribution in [2.45, 2.75) is 135 Å². The van der Waals surface area contributed by atoms with E-state index in [2.05, 4.69) is 146 Å². The molecule has 3 saturated heterocycles. The molecule has 602 valence electrons. The molecule has 0 saturated carbocycles. The van der Waals surface area contributed by atoms with Gasteiger partial charge in [0.05, 0.1) is 82.3 Å². The Morgan fingerprint density at radius 1 is 0.455 bits per heavy atom. The highest BCUT2D eigenvalue weighted by atomic mass is 35.5. The molecule has 29 nitrogen and oxygen atoms in total. The number of aromatic nitrogens is 6. The molecule has 0 atom stereocenters. The van der Waals surface area contributed by atoms with Gasteiger partial charge in [0.15, 0.2) is 22.8 Å². The second-order valence-electron chi connectivity index (χ2n) is 30.3. The molecule has 2 aliphatic carbocycles. The van der Waals surface area contributed by atoms with Gasteiger partial charge in [-0.3, -0.25) is 19.5 Å². The number of rotatable bonds is 28. The van der Waals surface area contributed by atoms with Crippen molar-refractivity contribution in [1.82, 2.24) is 44.6 Å². The van der Waals surface area contributed by atoms with Crippen LogP contribution in [0.1, 0.15) is 166 Å². The summed E-state index contributed by atoms with van der Waals surface area (Å²) in [5, 5.41) is 22.8. The quantitative estimate of drug-likeness (QED) is 0.0224. The number of hydrogen-bond donors (Lipinski definition) is 7. The van der Waals surface area contributed by atoms with Gasteiger partial charge in [-0.05, 0) is 156 Å². The molecule has 110 heavy (non-hydrogen) atoms. The minimum Gasteiger partial charge on any atom is -0.479 e. The summed E-state index contributed by atoms with van der Waals surface area (Å²) in [5.41, 5.74) is 20.0. The van der Waals surface area contributed by atoms with Crippen LogP contribution >= 0.6 is 23.2 Å². The van der Waals surface area contributed by atoms with Gasteiger partial charge in [0, 0.05) is 81.8 Å². The standard InChI is InChI=1S/C33H44ClN5O5.C20H23ClO3.2C13H23N5O3/c1-32(2)10-11-33(3,4)24-20-25(34)21(19-23(24)32)18-22-8-9-26(44-22)28(40)36-27-29(41-5)37-31(38-30(27)42-6)35-12-7-13-39-14-16-43-17-15-39;1-19(2)7-8-20(3,4)15-11-16(21)12(10-14(15)19)9-13-5-6-17(24-13)18(22)23;2*1-19-11-10(14)12(20-2)17-13(16-11)15-4-3-5-18-6-8-21-9-7-18/h8-9,19-20H,7,10-18H2,1-6H3,(H,36,40)(H,35,37,38);5-6,10-11H,7-9H2,1-4H3,(H,22,23);2*3-9,14H2,1-2H3,(H,15,16,17). The van der Waals surface area contributed by atoms with Crippen molar-refractivity contribution >= 4 is 70.0 Å². The van der Waals surface area contributed by atoms with Gasteiger partial charge in [0.1, 0.15) is 11.5 Å². The third-order valence-corrected chi connectivity index (χ3v) is 21.3. The van der Waals surface area contributed by atoms with Crippen molar-refractivity contribution in [3.8, 4) is 35.3 Å². The summed E-state index contributed by atoms with van der Waals surface area (Å²) in [6.45, 7) is 34.2. The van der Waals surface area contributed by atoms with Crippen LogP contribution in [-0.4, -0.2) is 222 Å².